The van der Waals surface area contributed by atoms with Crippen molar-refractivity contribution in [3.8, 4) is 0 Å². The van der Waals surface area contributed by atoms with Crippen molar-refractivity contribution in [1.29, 1.82) is 0 Å². The lowest BCUT2D eigenvalue weighted by Gasteiger charge is -2.11. The number of rotatable bonds is 4. The molecule has 0 unspecified atom stereocenters. The van der Waals surface area contributed by atoms with Gasteiger partial charge in [0.15, 0.2) is 0 Å². The van der Waals surface area contributed by atoms with Gasteiger partial charge in [0.25, 0.3) is 0 Å². The van der Waals surface area contributed by atoms with E-state index in [0.717, 1.165) is 17.8 Å². The molecule has 2 N–H and O–H groups in total. The van der Waals surface area contributed by atoms with Gasteiger partial charge in [-0.1, -0.05) is 0 Å². The maximum absolute atomic E-state index is 13.7. The maximum Gasteiger partial charge on any atom is 0.339 e. The number of carbonyl (C=O) groups is 2. The number of hydrogen-bond donors (Lipinski definition) is 1. The number of amides is 1. The Balaban J connectivity index is 2.95. The Hall–Kier alpha value is -1.76. The van der Waals surface area contributed by atoms with Crippen LogP contribution in [0.15, 0.2) is 17.0 Å². The van der Waals surface area contributed by atoms with Crippen molar-refractivity contribution in [2.24, 2.45) is 0 Å². The summed E-state index contributed by atoms with van der Waals surface area (Å²) in [6.45, 7) is 0. The molecule has 0 aromatic heterocycles. The minimum atomic E-state index is -0.640. The van der Waals surface area contributed by atoms with Crippen molar-refractivity contribution < 1.29 is 18.7 Å². The number of ether oxygens (including phenoxy) is 1. The van der Waals surface area contributed by atoms with Gasteiger partial charge in [0.2, 0.25) is 5.91 Å². The molecule has 0 saturated heterocycles. The summed E-state index contributed by atoms with van der Waals surface area (Å²) < 4.78 is 18.2. The molecular formula is C12H15FN2O3S. The summed E-state index contributed by atoms with van der Waals surface area (Å²) in [4.78, 5) is 24.5. The van der Waals surface area contributed by atoms with Gasteiger partial charge >= 0.3 is 5.97 Å². The molecule has 1 amide bonds. The zero-order valence-electron chi connectivity index (χ0n) is 10.9. The van der Waals surface area contributed by atoms with E-state index in [4.69, 9.17) is 5.73 Å². The quantitative estimate of drug-likeness (QED) is 0.514. The number of carbonyl (C=O) groups excluding carboxylic acids is 2. The van der Waals surface area contributed by atoms with Crippen molar-refractivity contribution in [2.45, 2.75) is 4.90 Å². The summed E-state index contributed by atoms with van der Waals surface area (Å²) in [7, 11) is 4.44. The molecule has 5 nitrogen and oxygen atoms in total. The second-order valence-corrected chi connectivity index (χ2v) is 4.96. The van der Waals surface area contributed by atoms with Gasteiger partial charge in [-0.05, 0) is 12.1 Å². The number of hydrogen-bond acceptors (Lipinski definition) is 5. The molecule has 1 aromatic rings. The third kappa shape index (κ3) is 3.85. The van der Waals surface area contributed by atoms with Crippen LogP contribution in [0.4, 0.5) is 10.1 Å². The molecular weight excluding hydrogens is 271 g/mol. The van der Waals surface area contributed by atoms with Gasteiger partial charge in [0, 0.05) is 24.7 Å². The Morgan fingerprint density at radius 2 is 2.05 bits per heavy atom. The van der Waals surface area contributed by atoms with E-state index >= 15 is 0 Å². The minimum absolute atomic E-state index is 0.00707. The van der Waals surface area contributed by atoms with E-state index in [1.807, 2.05) is 0 Å². The Labute approximate surface area is 114 Å². The number of benzene rings is 1. The molecule has 104 valence electrons. The molecule has 0 aliphatic rings. The molecule has 1 rings (SSSR count). The standard InChI is InChI=1S/C12H15FN2O3S/c1-15(2)11(16)6-19-10-4-7(12(17)18-3)9(14)5-8(10)13/h4-5H,6,14H2,1-3H3. The van der Waals surface area contributed by atoms with Crippen LogP contribution in [-0.2, 0) is 9.53 Å². The summed E-state index contributed by atoms with van der Waals surface area (Å²) in [5, 5.41) is 0. The largest absolute Gasteiger partial charge is 0.465 e. The number of thioether (sulfide) groups is 1. The van der Waals surface area contributed by atoms with Crippen molar-refractivity contribution in [3.63, 3.8) is 0 Å². The normalized spacial score (nSPS) is 10.1. The highest BCUT2D eigenvalue weighted by atomic mass is 32.2. The predicted octanol–water partition coefficient (Wildman–Crippen LogP) is 1.37. The highest BCUT2D eigenvalue weighted by Crippen LogP contribution is 2.27. The molecule has 0 bridgehead atoms. The van der Waals surface area contributed by atoms with Crippen LogP contribution >= 0.6 is 11.8 Å². The van der Waals surface area contributed by atoms with Gasteiger partial charge in [-0.25, -0.2) is 9.18 Å². The van der Waals surface area contributed by atoms with Gasteiger partial charge < -0.3 is 15.4 Å². The van der Waals surface area contributed by atoms with E-state index in [2.05, 4.69) is 4.74 Å². The van der Waals surface area contributed by atoms with Crippen molar-refractivity contribution in [3.05, 3.63) is 23.5 Å². The van der Waals surface area contributed by atoms with E-state index < -0.39 is 11.8 Å². The van der Waals surface area contributed by atoms with Gasteiger partial charge in [-0.15, -0.1) is 11.8 Å². The van der Waals surface area contributed by atoms with Gasteiger partial charge in [0.05, 0.1) is 18.4 Å². The van der Waals surface area contributed by atoms with Crippen molar-refractivity contribution in [2.75, 3.05) is 32.7 Å². The molecule has 0 spiro atoms. The highest BCUT2D eigenvalue weighted by Gasteiger charge is 2.16. The smallest absolute Gasteiger partial charge is 0.339 e. The first kappa shape index (κ1) is 15.3. The number of methoxy groups -OCH3 is 1. The van der Waals surface area contributed by atoms with E-state index in [0.29, 0.717) is 0 Å². The number of halogens is 1. The third-order valence-electron chi connectivity index (χ3n) is 2.36. The van der Waals surface area contributed by atoms with Gasteiger partial charge in [-0.2, -0.15) is 0 Å². The second-order valence-electron chi connectivity index (χ2n) is 3.94. The molecule has 0 heterocycles. The lowest BCUT2D eigenvalue weighted by Crippen LogP contribution is -2.23. The molecule has 1 aromatic carbocycles. The van der Waals surface area contributed by atoms with Gasteiger partial charge in [-0.3, -0.25) is 4.79 Å². The zero-order valence-corrected chi connectivity index (χ0v) is 11.7. The van der Waals surface area contributed by atoms with Crippen LogP contribution < -0.4 is 5.73 Å². The first-order valence-corrected chi connectivity index (χ1v) is 6.35. The summed E-state index contributed by atoms with van der Waals surface area (Å²) in [6, 6.07) is 2.35. The fourth-order valence-electron chi connectivity index (χ4n) is 1.23. The van der Waals surface area contributed by atoms with E-state index in [1.54, 1.807) is 14.1 Å². The van der Waals surface area contributed by atoms with Crippen LogP contribution in [0.5, 0.6) is 0 Å². The first-order chi connectivity index (χ1) is 8.86. The molecule has 7 heteroatoms. The van der Waals surface area contributed by atoms with Gasteiger partial charge in [0.1, 0.15) is 5.82 Å². The second kappa shape index (κ2) is 6.42. The van der Waals surface area contributed by atoms with Crippen LogP contribution in [0, 0.1) is 5.82 Å². The van der Waals surface area contributed by atoms with Crippen molar-refractivity contribution >= 4 is 29.3 Å². The molecule has 19 heavy (non-hydrogen) atoms. The Morgan fingerprint density at radius 3 is 2.58 bits per heavy atom. The molecule has 0 saturated carbocycles. The number of nitrogens with zero attached hydrogens (tertiary/aromatic N) is 1. The number of esters is 1. The van der Waals surface area contributed by atoms with E-state index in [9.17, 15) is 14.0 Å². The van der Waals surface area contributed by atoms with Crippen LogP contribution in [0.1, 0.15) is 10.4 Å². The summed E-state index contributed by atoms with van der Waals surface area (Å²) in [5.41, 5.74) is 5.64. The average Bonchev–Trinajstić information content (AvgIpc) is 2.36. The summed E-state index contributed by atoms with van der Waals surface area (Å²) in [5.74, 6) is -1.28. The topological polar surface area (TPSA) is 72.6 Å². The lowest BCUT2D eigenvalue weighted by atomic mass is 10.2. The first-order valence-electron chi connectivity index (χ1n) is 5.37. The highest BCUT2D eigenvalue weighted by molar-refractivity contribution is 8.00. The molecule has 0 atom stereocenters. The molecule has 0 aliphatic carbocycles. The minimum Gasteiger partial charge on any atom is -0.465 e. The molecule has 0 radical (unpaired) electrons. The predicted molar refractivity (Wildman–Crippen MR) is 71.6 cm³/mol. The third-order valence-corrected chi connectivity index (χ3v) is 3.37. The van der Waals surface area contributed by atoms with E-state index in [1.165, 1.54) is 18.1 Å². The Kier molecular flexibility index (Phi) is 5.17. The zero-order chi connectivity index (χ0) is 14.6. The van der Waals surface area contributed by atoms with Crippen molar-refractivity contribution in [1.82, 2.24) is 4.90 Å². The summed E-state index contributed by atoms with van der Waals surface area (Å²) >= 11 is 1.00. The lowest BCUT2D eigenvalue weighted by molar-refractivity contribution is -0.125. The number of anilines is 1. The van der Waals surface area contributed by atoms with Crippen LogP contribution in [0.3, 0.4) is 0 Å². The fraction of sp³-hybridized carbons (Fsp3) is 0.333. The van der Waals surface area contributed by atoms with E-state index in [-0.39, 0.29) is 27.8 Å². The maximum atomic E-state index is 13.7. The summed E-state index contributed by atoms with van der Waals surface area (Å²) in [6.07, 6.45) is 0. The number of nitrogen functional groups attached to an aromatic ring is 1. The van der Waals surface area contributed by atoms with Crippen LogP contribution in [-0.4, -0.2) is 43.7 Å². The number of nitrogens with two attached hydrogens (primary N) is 1. The SMILES string of the molecule is COC(=O)c1cc(SCC(=O)N(C)C)c(F)cc1N. The Morgan fingerprint density at radius 1 is 1.42 bits per heavy atom. The molecule has 0 aliphatic heterocycles. The Bertz CT molecular complexity index is 506. The molecule has 0 fully saturated rings. The van der Waals surface area contributed by atoms with Crippen LogP contribution in [0.2, 0.25) is 0 Å². The van der Waals surface area contributed by atoms with Crippen LogP contribution in [0.25, 0.3) is 0 Å². The fourth-order valence-corrected chi connectivity index (χ4v) is 2.17. The monoisotopic (exact) mass is 286 g/mol. The average molecular weight is 286 g/mol.